The van der Waals surface area contributed by atoms with Crippen LogP contribution in [-0.2, 0) is 5.75 Å². The largest absolute Gasteiger partial charge is 0.483 e. The standard InChI is InChI=1S/C31H26ClNO3S/c1-19-16-24(30-25(17-19)28(34)20(2)29(36-30)23-12-8-5-9-13-23)21(3)35-26-14-15-27(32)33-31(26)37-18-22-10-6-4-7-11-22/h4-17,21H,18H2,1-3H3/t21-/m1/s1. The fourth-order valence-electron chi connectivity index (χ4n) is 4.31. The molecule has 0 saturated carbocycles. The number of fused-ring (bicyclic) bond motifs is 1. The smallest absolute Gasteiger partial charge is 0.196 e. The molecule has 4 nitrogen and oxygen atoms in total. The highest BCUT2D eigenvalue weighted by Gasteiger charge is 2.21. The van der Waals surface area contributed by atoms with E-state index in [0.717, 1.165) is 22.4 Å². The Morgan fingerprint density at radius 3 is 2.41 bits per heavy atom. The Kier molecular flexibility index (Phi) is 7.36. The van der Waals surface area contributed by atoms with Crippen LogP contribution in [0.3, 0.4) is 0 Å². The molecule has 6 heteroatoms. The van der Waals surface area contributed by atoms with Gasteiger partial charge in [-0.1, -0.05) is 84.0 Å². The van der Waals surface area contributed by atoms with Crippen LogP contribution >= 0.6 is 23.4 Å². The first-order valence-corrected chi connectivity index (χ1v) is 13.4. The monoisotopic (exact) mass is 527 g/mol. The van der Waals surface area contributed by atoms with Gasteiger partial charge in [0.1, 0.15) is 27.6 Å². The molecule has 0 unspecified atom stereocenters. The molecule has 0 N–H and O–H groups in total. The molecule has 5 aromatic rings. The zero-order valence-electron chi connectivity index (χ0n) is 20.8. The van der Waals surface area contributed by atoms with Crippen LogP contribution in [0, 0.1) is 13.8 Å². The van der Waals surface area contributed by atoms with E-state index in [4.69, 9.17) is 20.8 Å². The molecule has 0 spiro atoms. The van der Waals surface area contributed by atoms with E-state index in [1.807, 2.05) is 87.5 Å². The number of benzene rings is 3. The molecule has 0 amide bonds. The van der Waals surface area contributed by atoms with Crippen molar-refractivity contribution in [2.75, 3.05) is 0 Å². The van der Waals surface area contributed by atoms with Gasteiger partial charge in [-0.05, 0) is 56.2 Å². The summed E-state index contributed by atoms with van der Waals surface area (Å²) in [5.41, 5.74) is 4.90. The maximum absolute atomic E-state index is 13.4. The highest BCUT2D eigenvalue weighted by atomic mass is 35.5. The third kappa shape index (κ3) is 5.43. The SMILES string of the molecule is Cc1cc([C@@H](C)Oc2ccc(Cl)nc2SCc2ccccc2)c2oc(-c3ccccc3)c(C)c(=O)c2c1. The molecule has 0 aliphatic rings. The first-order valence-electron chi connectivity index (χ1n) is 12.0. The average molecular weight is 528 g/mol. The highest BCUT2D eigenvalue weighted by Crippen LogP contribution is 2.36. The fraction of sp³-hybridized carbons (Fsp3) is 0.161. The van der Waals surface area contributed by atoms with Crippen LogP contribution in [0.1, 0.15) is 35.3 Å². The van der Waals surface area contributed by atoms with Gasteiger partial charge in [0.05, 0.1) is 5.39 Å². The topological polar surface area (TPSA) is 52.3 Å². The van der Waals surface area contributed by atoms with Crippen LogP contribution in [0.15, 0.2) is 99.2 Å². The van der Waals surface area contributed by atoms with Gasteiger partial charge in [-0.2, -0.15) is 0 Å². The Bertz CT molecular complexity index is 1620. The van der Waals surface area contributed by atoms with E-state index in [-0.39, 0.29) is 5.43 Å². The lowest BCUT2D eigenvalue weighted by Crippen LogP contribution is -2.11. The summed E-state index contributed by atoms with van der Waals surface area (Å²) in [5, 5.41) is 1.67. The number of aromatic nitrogens is 1. The summed E-state index contributed by atoms with van der Waals surface area (Å²) in [4.78, 5) is 17.9. The first kappa shape index (κ1) is 25.1. The molecule has 2 heterocycles. The molecular weight excluding hydrogens is 502 g/mol. The van der Waals surface area contributed by atoms with E-state index < -0.39 is 6.10 Å². The zero-order chi connectivity index (χ0) is 25.9. The van der Waals surface area contributed by atoms with Crippen LogP contribution in [0.25, 0.3) is 22.3 Å². The van der Waals surface area contributed by atoms with Gasteiger partial charge in [0.15, 0.2) is 11.2 Å². The molecule has 1 atom stereocenters. The maximum Gasteiger partial charge on any atom is 0.196 e. The van der Waals surface area contributed by atoms with Gasteiger partial charge in [-0.15, -0.1) is 0 Å². The Morgan fingerprint density at radius 2 is 1.68 bits per heavy atom. The van der Waals surface area contributed by atoms with Gasteiger partial charge >= 0.3 is 0 Å². The minimum atomic E-state index is -0.407. The molecule has 0 radical (unpaired) electrons. The Morgan fingerprint density at radius 1 is 0.973 bits per heavy atom. The van der Waals surface area contributed by atoms with Gasteiger partial charge in [0, 0.05) is 22.4 Å². The number of halogens is 1. The molecule has 0 fully saturated rings. The third-order valence-electron chi connectivity index (χ3n) is 6.18. The minimum Gasteiger partial charge on any atom is -0.483 e. The second kappa shape index (κ2) is 10.8. The third-order valence-corrected chi connectivity index (χ3v) is 7.43. The van der Waals surface area contributed by atoms with Gasteiger partial charge in [0.2, 0.25) is 0 Å². The maximum atomic E-state index is 13.4. The van der Waals surface area contributed by atoms with Crippen molar-refractivity contribution in [1.82, 2.24) is 4.98 Å². The van der Waals surface area contributed by atoms with Crippen molar-refractivity contribution in [3.8, 4) is 17.1 Å². The van der Waals surface area contributed by atoms with E-state index in [1.165, 1.54) is 5.56 Å². The van der Waals surface area contributed by atoms with E-state index in [2.05, 4.69) is 17.1 Å². The molecule has 186 valence electrons. The molecule has 0 aliphatic carbocycles. The lowest BCUT2D eigenvalue weighted by Gasteiger charge is -2.19. The van der Waals surface area contributed by atoms with Gasteiger partial charge in [-0.25, -0.2) is 4.98 Å². The van der Waals surface area contributed by atoms with Gasteiger partial charge in [-0.3, -0.25) is 4.79 Å². The lowest BCUT2D eigenvalue weighted by atomic mass is 10.00. The van der Waals surface area contributed by atoms with Crippen molar-refractivity contribution in [3.05, 3.63) is 123 Å². The van der Waals surface area contributed by atoms with Crippen molar-refractivity contribution in [2.45, 2.75) is 37.7 Å². The van der Waals surface area contributed by atoms with E-state index in [0.29, 0.717) is 38.2 Å². The van der Waals surface area contributed by atoms with Gasteiger partial charge in [0.25, 0.3) is 0 Å². The fourth-order valence-corrected chi connectivity index (χ4v) is 5.43. The minimum absolute atomic E-state index is 0.0375. The summed E-state index contributed by atoms with van der Waals surface area (Å²) in [6, 6.07) is 27.3. The number of thioether (sulfide) groups is 1. The van der Waals surface area contributed by atoms with Crippen molar-refractivity contribution in [2.24, 2.45) is 0 Å². The molecule has 3 aromatic carbocycles. The second-order valence-electron chi connectivity index (χ2n) is 8.95. The second-order valence-corrected chi connectivity index (χ2v) is 10.3. The molecule has 37 heavy (non-hydrogen) atoms. The summed E-state index contributed by atoms with van der Waals surface area (Å²) in [7, 11) is 0. The summed E-state index contributed by atoms with van der Waals surface area (Å²) in [6.45, 7) is 5.74. The Labute approximate surface area is 225 Å². The summed E-state index contributed by atoms with van der Waals surface area (Å²) in [5.74, 6) is 1.94. The summed E-state index contributed by atoms with van der Waals surface area (Å²) in [6.07, 6.45) is -0.407. The normalized spacial score (nSPS) is 12.0. The zero-order valence-corrected chi connectivity index (χ0v) is 22.4. The Balaban J connectivity index is 1.53. The first-order chi connectivity index (χ1) is 17.9. The quantitative estimate of drug-likeness (QED) is 0.157. The summed E-state index contributed by atoms with van der Waals surface area (Å²) >= 11 is 7.80. The van der Waals surface area contributed by atoms with Crippen LogP contribution in [0.2, 0.25) is 5.15 Å². The number of nitrogens with zero attached hydrogens (tertiary/aromatic N) is 1. The molecular formula is C31H26ClNO3S. The van der Waals surface area contributed by atoms with Crippen LogP contribution in [0.5, 0.6) is 5.75 Å². The van der Waals surface area contributed by atoms with Crippen LogP contribution in [-0.4, -0.2) is 4.98 Å². The average Bonchev–Trinajstić information content (AvgIpc) is 2.91. The van der Waals surface area contributed by atoms with Crippen molar-refractivity contribution < 1.29 is 9.15 Å². The summed E-state index contributed by atoms with van der Waals surface area (Å²) < 4.78 is 12.9. The molecule has 2 aromatic heterocycles. The number of rotatable bonds is 7. The number of aryl methyl sites for hydroxylation is 1. The Hall–Kier alpha value is -3.54. The van der Waals surface area contributed by atoms with Gasteiger partial charge < -0.3 is 9.15 Å². The molecule has 0 bridgehead atoms. The van der Waals surface area contributed by atoms with Crippen molar-refractivity contribution >= 4 is 34.3 Å². The van der Waals surface area contributed by atoms with E-state index in [9.17, 15) is 4.79 Å². The molecule has 0 saturated heterocycles. The lowest BCUT2D eigenvalue weighted by molar-refractivity contribution is 0.219. The molecule has 0 aliphatic heterocycles. The number of hydrogen-bond acceptors (Lipinski definition) is 5. The molecule has 5 rings (SSSR count). The van der Waals surface area contributed by atoms with Crippen molar-refractivity contribution in [1.29, 1.82) is 0 Å². The van der Waals surface area contributed by atoms with Crippen molar-refractivity contribution in [3.63, 3.8) is 0 Å². The number of pyridine rings is 1. The van der Waals surface area contributed by atoms with E-state index >= 15 is 0 Å². The number of hydrogen-bond donors (Lipinski definition) is 0. The predicted octanol–water partition coefficient (Wildman–Crippen LogP) is 8.56. The predicted molar refractivity (Wildman–Crippen MR) is 152 cm³/mol. The van der Waals surface area contributed by atoms with E-state index in [1.54, 1.807) is 17.8 Å². The number of ether oxygens (including phenoxy) is 1. The van der Waals surface area contributed by atoms with Crippen LogP contribution < -0.4 is 10.2 Å². The highest BCUT2D eigenvalue weighted by molar-refractivity contribution is 7.98. The van der Waals surface area contributed by atoms with Crippen LogP contribution in [0.4, 0.5) is 0 Å².